The van der Waals surface area contributed by atoms with E-state index in [0.29, 0.717) is 6.04 Å². The molecule has 1 aliphatic heterocycles. The molecule has 1 aromatic rings. The first-order chi connectivity index (χ1) is 7.34. The maximum atomic E-state index is 5.30. The molecule has 1 saturated heterocycles. The van der Waals surface area contributed by atoms with Crippen LogP contribution in [0, 0.1) is 0 Å². The van der Waals surface area contributed by atoms with Gasteiger partial charge in [0.2, 0.25) is 5.13 Å². The molecule has 2 heterocycles. The van der Waals surface area contributed by atoms with E-state index in [1.54, 1.807) is 6.33 Å². The Morgan fingerprint density at radius 3 is 3.07 bits per heavy atom. The summed E-state index contributed by atoms with van der Waals surface area (Å²) in [5.41, 5.74) is 0. The summed E-state index contributed by atoms with van der Waals surface area (Å²) in [7, 11) is 0. The number of morpholine rings is 1. The van der Waals surface area contributed by atoms with Crippen LogP contribution in [0.1, 0.15) is 6.92 Å². The number of nitrogens with zero attached hydrogens (tertiary/aromatic N) is 3. The van der Waals surface area contributed by atoms with Crippen molar-refractivity contribution in [1.82, 2.24) is 14.3 Å². The molecule has 0 saturated carbocycles. The van der Waals surface area contributed by atoms with Crippen LogP contribution in [0.2, 0.25) is 0 Å². The summed E-state index contributed by atoms with van der Waals surface area (Å²) >= 11 is 1.40. The highest BCUT2D eigenvalue weighted by molar-refractivity contribution is 7.09. The highest BCUT2D eigenvalue weighted by Crippen LogP contribution is 2.09. The summed E-state index contributed by atoms with van der Waals surface area (Å²) in [4.78, 5) is 6.51. The molecule has 0 spiro atoms. The molecule has 1 N–H and O–H groups in total. The normalized spacial score (nSPS) is 20.1. The molecule has 5 nitrogen and oxygen atoms in total. The largest absolute Gasteiger partial charge is 0.379 e. The predicted molar refractivity (Wildman–Crippen MR) is 60.3 cm³/mol. The van der Waals surface area contributed by atoms with Gasteiger partial charge in [-0.1, -0.05) is 0 Å². The van der Waals surface area contributed by atoms with Crippen molar-refractivity contribution >= 4 is 16.7 Å². The molecule has 0 aliphatic carbocycles. The Kier molecular flexibility index (Phi) is 3.87. The Bertz CT molecular complexity index is 274. The number of rotatable bonds is 4. The molecule has 1 atom stereocenters. The first kappa shape index (κ1) is 10.8. The molecule has 1 fully saturated rings. The van der Waals surface area contributed by atoms with E-state index < -0.39 is 0 Å². The second kappa shape index (κ2) is 5.39. The summed E-state index contributed by atoms with van der Waals surface area (Å²) in [5.74, 6) is 0. The van der Waals surface area contributed by atoms with E-state index in [0.717, 1.165) is 38.0 Å². The maximum absolute atomic E-state index is 5.30. The molecule has 1 aliphatic rings. The van der Waals surface area contributed by atoms with Gasteiger partial charge in [0.15, 0.2) is 0 Å². The number of aromatic nitrogens is 2. The molecule has 0 bridgehead atoms. The van der Waals surface area contributed by atoms with Crippen molar-refractivity contribution < 1.29 is 4.74 Å². The van der Waals surface area contributed by atoms with Crippen LogP contribution in [0.3, 0.4) is 0 Å². The second-order valence-corrected chi connectivity index (χ2v) is 4.48. The van der Waals surface area contributed by atoms with Crippen LogP contribution >= 0.6 is 11.5 Å². The minimum Gasteiger partial charge on any atom is -0.379 e. The van der Waals surface area contributed by atoms with E-state index >= 15 is 0 Å². The van der Waals surface area contributed by atoms with Crippen molar-refractivity contribution in [3.63, 3.8) is 0 Å². The fourth-order valence-corrected chi connectivity index (χ4v) is 2.21. The van der Waals surface area contributed by atoms with Crippen molar-refractivity contribution in [2.45, 2.75) is 13.0 Å². The number of ether oxygens (including phenoxy) is 1. The zero-order chi connectivity index (χ0) is 10.5. The van der Waals surface area contributed by atoms with Crippen LogP contribution < -0.4 is 5.32 Å². The summed E-state index contributed by atoms with van der Waals surface area (Å²) in [6, 6.07) is 0.399. The Balaban J connectivity index is 1.74. The maximum Gasteiger partial charge on any atom is 0.202 e. The highest BCUT2D eigenvalue weighted by atomic mass is 32.1. The average Bonchev–Trinajstić information content (AvgIpc) is 2.71. The minimum atomic E-state index is 0.399. The average molecular weight is 228 g/mol. The molecule has 6 heteroatoms. The van der Waals surface area contributed by atoms with Gasteiger partial charge in [0.1, 0.15) is 6.33 Å². The first-order valence-corrected chi connectivity index (χ1v) is 5.95. The summed E-state index contributed by atoms with van der Waals surface area (Å²) in [5, 5.41) is 4.23. The van der Waals surface area contributed by atoms with Gasteiger partial charge >= 0.3 is 0 Å². The Morgan fingerprint density at radius 2 is 2.40 bits per heavy atom. The van der Waals surface area contributed by atoms with E-state index in [1.165, 1.54) is 11.5 Å². The van der Waals surface area contributed by atoms with Gasteiger partial charge in [-0.05, 0) is 6.92 Å². The lowest BCUT2D eigenvalue weighted by molar-refractivity contribution is 0.0368. The van der Waals surface area contributed by atoms with Crippen molar-refractivity contribution in [2.75, 3.05) is 38.2 Å². The summed E-state index contributed by atoms with van der Waals surface area (Å²) in [6.45, 7) is 6.96. The van der Waals surface area contributed by atoms with Gasteiger partial charge in [-0.15, -0.1) is 0 Å². The zero-order valence-corrected chi connectivity index (χ0v) is 9.66. The third-order valence-corrected chi connectivity index (χ3v) is 2.96. The summed E-state index contributed by atoms with van der Waals surface area (Å²) in [6.07, 6.45) is 1.58. The predicted octanol–water partition coefficient (Wildman–Crippen LogP) is 0.671. The third kappa shape index (κ3) is 3.40. The molecule has 84 valence electrons. The quantitative estimate of drug-likeness (QED) is 0.821. The molecule has 2 rings (SSSR count). The Labute approximate surface area is 93.6 Å². The molecule has 0 aromatic carbocycles. The van der Waals surface area contributed by atoms with E-state index in [2.05, 4.69) is 26.5 Å². The number of hydrogen-bond acceptors (Lipinski definition) is 6. The van der Waals surface area contributed by atoms with Gasteiger partial charge in [0.25, 0.3) is 0 Å². The van der Waals surface area contributed by atoms with Crippen LogP contribution in [0.4, 0.5) is 5.13 Å². The SMILES string of the molecule is CC(CN1CCOCC1)Nc1ncns1. The number of nitrogens with one attached hydrogen (secondary N) is 1. The lowest BCUT2D eigenvalue weighted by Crippen LogP contribution is -2.42. The van der Waals surface area contributed by atoms with E-state index in [9.17, 15) is 0 Å². The fraction of sp³-hybridized carbons (Fsp3) is 0.778. The molecule has 0 amide bonds. The van der Waals surface area contributed by atoms with Crippen LogP contribution in [-0.4, -0.2) is 53.1 Å². The van der Waals surface area contributed by atoms with Crippen LogP contribution in [0.25, 0.3) is 0 Å². The number of anilines is 1. The minimum absolute atomic E-state index is 0.399. The molecular weight excluding hydrogens is 212 g/mol. The van der Waals surface area contributed by atoms with E-state index in [-0.39, 0.29) is 0 Å². The molecule has 0 radical (unpaired) electrons. The van der Waals surface area contributed by atoms with Crippen LogP contribution in [0.15, 0.2) is 6.33 Å². The lowest BCUT2D eigenvalue weighted by Gasteiger charge is -2.29. The smallest absolute Gasteiger partial charge is 0.202 e. The van der Waals surface area contributed by atoms with Crippen molar-refractivity contribution in [3.8, 4) is 0 Å². The molecular formula is C9H16N4OS. The summed E-state index contributed by atoms with van der Waals surface area (Å²) < 4.78 is 9.26. The van der Waals surface area contributed by atoms with Gasteiger partial charge in [-0.25, -0.2) is 4.98 Å². The van der Waals surface area contributed by atoms with Gasteiger partial charge in [0, 0.05) is 37.2 Å². The molecule has 1 aromatic heterocycles. The van der Waals surface area contributed by atoms with Gasteiger partial charge < -0.3 is 10.1 Å². The fourth-order valence-electron chi connectivity index (χ4n) is 1.66. The van der Waals surface area contributed by atoms with Gasteiger partial charge in [-0.3, -0.25) is 4.90 Å². The second-order valence-electron chi connectivity index (χ2n) is 3.70. The third-order valence-electron chi connectivity index (χ3n) is 2.37. The number of hydrogen-bond donors (Lipinski definition) is 1. The van der Waals surface area contributed by atoms with Crippen molar-refractivity contribution in [1.29, 1.82) is 0 Å². The van der Waals surface area contributed by atoms with Crippen LogP contribution in [-0.2, 0) is 4.74 Å². The lowest BCUT2D eigenvalue weighted by atomic mass is 10.3. The monoisotopic (exact) mass is 228 g/mol. The van der Waals surface area contributed by atoms with Gasteiger partial charge in [-0.2, -0.15) is 4.37 Å². The van der Waals surface area contributed by atoms with Gasteiger partial charge in [0.05, 0.1) is 13.2 Å². The highest BCUT2D eigenvalue weighted by Gasteiger charge is 2.13. The van der Waals surface area contributed by atoms with Crippen LogP contribution in [0.5, 0.6) is 0 Å². The topological polar surface area (TPSA) is 50.3 Å². The molecule has 15 heavy (non-hydrogen) atoms. The van der Waals surface area contributed by atoms with Crippen molar-refractivity contribution in [3.05, 3.63) is 6.33 Å². The Morgan fingerprint density at radius 1 is 1.60 bits per heavy atom. The van der Waals surface area contributed by atoms with E-state index in [1.807, 2.05) is 0 Å². The van der Waals surface area contributed by atoms with Crippen molar-refractivity contribution in [2.24, 2.45) is 0 Å². The Hall–Kier alpha value is -0.720. The zero-order valence-electron chi connectivity index (χ0n) is 8.85. The van der Waals surface area contributed by atoms with E-state index in [4.69, 9.17) is 4.74 Å². The first-order valence-electron chi connectivity index (χ1n) is 5.18. The standard InChI is InChI=1S/C9H16N4OS/c1-8(12-9-10-7-11-15-9)6-13-2-4-14-5-3-13/h7-8H,2-6H2,1H3,(H,10,11,12). The molecule has 1 unspecified atom stereocenters.